The van der Waals surface area contributed by atoms with Crippen LogP contribution in [0.25, 0.3) is 6.08 Å². The van der Waals surface area contributed by atoms with Crippen molar-refractivity contribution in [1.82, 2.24) is 5.32 Å². The second kappa shape index (κ2) is 11.9. The predicted octanol–water partition coefficient (Wildman–Crippen LogP) is 5.59. The van der Waals surface area contributed by atoms with Gasteiger partial charge in [-0.15, -0.1) is 0 Å². The molecule has 0 atom stereocenters. The highest BCUT2D eigenvalue weighted by Gasteiger charge is 2.33. The summed E-state index contributed by atoms with van der Waals surface area (Å²) in [6.45, 7) is 5.23. The van der Waals surface area contributed by atoms with E-state index in [1.54, 1.807) is 6.92 Å². The third-order valence-corrected chi connectivity index (χ3v) is 6.16. The van der Waals surface area contributed by atoms with Gasteiger partial charge in [-0.2, -0.15) is 13.2 Å². The molecule has 0 radical (unpaired) electrons. The highest BCUT2D eigenvalue weighted by molar-refractivity contribution is 5.93. The third kappa shape index (κ3) is 7.10. The van der Waals surface area contributed by atoms with Crippen molar-refractivity contribution < 1.29 is 27.5 Å². The minimum Gasteiger partial charge on any atom is -0.463 e. The lowest BCUT2D eigenvalue weighted by Crippen LogP contribution is -2.40. The Balaban J connectivity index is 1.53. The molecule has 1 aliphatic rings. The topological polar surface area (TPSA) is 58.6 Å². The maximum atomic E-state index is 13.2. The number of carbonyl (C=O) groups is 2. The van der Waals surface area contributed by atoms with E-state index in [9.17, 15) is 22.8 Å². The van der Waals surface area contributed by atoms with Crippen molar-refractivity contribution in [2.75, 3.05) is 24.6 Å². The smallest absolute Gasteiger partial charge is 0.416 e. The summed E-state index contributed by atoms with van der Waals surface area (Å²) in [6.07, 6.45) is -0.795. The van der Waals surface area contributed by atoms with Crippen molar-refractivity contribution in [3.05, 3.63) is 70.8 Å². The molecule has 35 heavy (non-hydrogen) atoms. The number of halogens is 3. The van der Waals surface area contributed by atoms with E-state index < -0.39 is 11.7 Å². The van der Waals surface area contributed by atoms with Crippen LogP contribution < -0.4 is 10.2 Å². The van der Waals surface area contributed by atoms with Crippen LogP contribution >= 0.6 is 0 Å². The monoisotopic (exact) mass is 488 g/mol. The summed E-state index contributed by atoms with van der Waals surface area (Å²) in [5, 5.41) is 2.68. The quantitative estimate of drug-likeness (QED) is 0.389. The first-order valence-corrected chi connectivity index (χ1v) is 11.9. The number of nitrogens with zero attached hydrogens (tertiary/aromatic N) is 1. The van der Waals surface area contributed by atoms with E-state index in [4.69, 9.17) is 4.74 Å². The van der Waals surface area contributed by atoms with Crippen LogP contribution in [0.5, 0.6) is 0 Å². The van der Waals surface area contributed by atoms with Gasteiger partial charge in [0.05, 0.1) is 12.2 Å². The number of amides is 1. The zero-order chi connectivity index (χ0) is 25.4. The molecule has 5 nitrogen and oxygen atoms in total. The number of carbonyl (C=O) groups excluding carboxylic acids is 2. The number of benzene rings is 2. The molecule has 3 rings (SSSR count). The molecule has 0 unspecified atom stereocenters. The van der Waals surface area contributed by atoms with Crippen molar-refractivity contribution in [1.29, 1.82) is 0 Å². The molecule has 0 saturated carbocycles. The van der Waals surface area contributed by atoms with Crippen LogP contribution in [0.3, 0.4) is 0 Å². The van der Waals surface area contributed by atoms with E-state index in [2.05, 4.69) is 10.2 Å². The van der Waals surface area contributed by atoms with Gasteiger partial charge in [-0.05, 0) is 61.6 Å². The van der Waals surface area contributed by atoms with E-state index in [-0.39, 0.29) is 29.9 Å². The van der Waals surface area contributed by atoms with E-state index in [1.165, 1.54) is 18.2 Å². The molecule has 2 aromatic carbocycles. The highest BCUT2D eigenvalue weighted by Crippen LogP contribution is 2.32. The minimum absolute atomic E-state index is 0.0640. The highest BCUT2D eigenvalue weighted by atomic mass is 19.4. The summed E-state index contributed by atoms with van der Waals surface area (Å²) in [7, 11) is 0. The molecular formula is C27H31F3N2O3. The molecule has 0 bridgehead atoms. The maximum absolute atomic E-state index is 13.2. The number of alkyl halides is 3. The number of anilines is 1. The number of piperidine rings is 1. The molecule has 1 heterocycles. The first-order valence-electron chi connectivity index (χ1n) is 11.9. The van der Waals surface area contributed by atoms with Crippen LogP contribution in [0, 0.1) is 5.92 Å². The fraction of sp³-hybridized carbons (Fsp3) is 0.407. The summed E-state index contributed by atoms with van der Waals surface area (Å²) in [6, 6.07) is 13.2. The molecular weight excluding hydrogens is 457 g/mol. The van der Waals surface area contributed by atoms with Gasteiger partial charge in [0.1, 0.15) is 0 Å². The zero-order valence-electron chi connectivity index (χ0n) is 20.0. The number of esters is 1. The van der Waals surface area contributed by atoms with Gasteiger partial charge in [0.15, 0.2) is 0 Å². The molecule has 0 aliphatic carbocycles. The fourth-order valence-corrected chi connectivity index (χ4v) is 4.19. The van der Waals surface area contributed by atoms with Crippen molar-refractivity contribution in [2.45, 2.75) is 45.8 Å². The summed E-state index contributed by atoms with van der Waals surface area (Å²) in [5.74, 6) is -0.752. The Morgan fingerprint density at radius 1 is 1.06 bits per heavy atom. The first-order chi connectivity index (χ1) is 16.7. The zero-order valence-corrected chi connectivity index (χ0v) is 20.0. The van der Waals surface area contributed by atoms with E-state index in [1.807, 2.05) is 37.3 Å². The lowest BCUT2D eigenvalue weighted by Gasteiger charge is -2.33. The number of hydrogen-bond donors (Lipinski definition) is 1. The van der Waals surface area contributed by atoms with E-state index >= 15 is 0 Å². The van der Waals surface area contributed by atoms with Crippen LogP contribution in [0.2, 0.25) is 0 Å². The van der Waals surface area contributed by atoms with Crippen LogP contribution in [0.1, 0.15) is 49.8 Å². The molecule has 8 heteroatoms. The molecule has 1 amide bonds. The fourth-order valence-electron chi connectivity index (χ4n) is 4.19. The molecule has 1 aliphatic heterocycles. The van der Waals surface area contributed by atoms with Crippen molar-refractivity contribution in [3.63, 3.8) is 0 Å². The molecule has 1 N–H and O–H groups in total. The van der Waals surface area contributed by atoms with Crippen molar-refractivity contribution >= 4 is 23.6 Å². The average molecular weight is 489 g/mol. The molecule has 2 aromatic rings. The van der Waals surface area contributed by atoms with Crippen molar-refractivity contribution in [2.24, 2.45) is 5.92 Å². The Kier molecular flexibility index (Phi) is 8.95. The average Bonchev–Trinajstić information content (AvgIpc) is 2.86. The second-order valence-electron chi connectivity index (χ2n) is 8.47. The lowest BCUT2D eigenvalue weighted by atomic mass is 9.95. The Morgan fingerprint density at radius 3 is 2.31 bits per heavy atom. The van der Waals surface area contributed by atoms with Gasteiger partial charge < -0.3 is 15.0 Å². The summed E-state index contributed by atoms with van der Waals surface area (Å²) in [4.78, 5) is 26.8. The first kappa shape index (κ1) is 26.3. The number of rotatable bonds is 8. The van der Waals surface area contributed by atoms with Gasteiger partial charge in [0, 0.05) is 36.8 Å². The van der Waals surface area contributed by atoms with Crippen LogP contribution in [-0.2, 0) is 27.0 Å². The van der Waals surface area contributed by atoms with Gasteiger partial charge in [-0.25, -0.2) is 4.79 Å². The summed E-state index contributed by atoms with van der Waals surface area (Å²) < 4.78 is 44.6. The molecule has 1 fully saturated rings. The van der Waals surface area contributed by atoms with E-state index in [0.29, 0.717) is 44.5 Å². The second-order valence-corrected chi connectivity index (χ2v) is 8.47. The lowest BCUT2D eigenvalue weighted by molar-refractivity contribution is -0.139. The Labute approximate surface area is 204 Å². The molecule has 0 spiro atoms. The van der Waals surface area contributed by atoms with E-state index in [0.717, 1.165) is 17.3 Å². The normalized spacial score (nSPS) is 15.1. The molecule has 0 aromatic heterocycles. The number of nitrogens with one attached hydrogen (secondary N) is 1. The van der Waals surface area contributed by atoms with Gasteiger partial charge in [0.2, 0.25) is 5.91 Å². The molecule has 1 saturated heterocycles. The Morgan fingerprint density at radius 2 is 1.71 bits per heavy atom. The standard InChI is InChI=1S/C27H31F3N2O3/c1-3-20(26(34)35-4-2)17-19-9-11-23(12-10-19)32-15-13-21(14-16-32)25(33)31-18-22-7-5-6-8-24(22)27(28,29)30/h5-12,17,21H,3-4,13-16,18H2,1-2H3,(H,31,33)/b20-17+. The number of ether oxygens (including phenoxy) is 1. The maximum Gasteiger partial charge on any atom is 0.416 e. The Hall–Kier alpha value is -3.29. The summed E-state index contributed by atoms with van der Waals surface area (Å²) in [5.41, 5.74) is 1.89. The third-order valence-electron chi connectivity index (χ3n) is 6.16. The number of hydrogen-bond acceptors (Lipinski definition) is 4. The van der Waals surface area contributed by atoms with Crippen molar-refractivity contribution in [3.8, 4) is 0 Å². The predicted molar refractivity (Wildman–Crippen MR) is 130 cm³/mol. The van der Waals surface area contributed by atoms with Gasteiger partial charge in [-0.3, -0.25) is 4.79 Å². The van der Waals surface area contributed by atoms with Gasteiger partial charge >= 0.3 is 12.1 Å². The van der Waals surface area contributed by atoms with Crippen LogP contribution in [0.4, 0.5) is 18.9 Å². The van der Waals surface area contributed by atoms with Gasteiger partial charge in [-0.1, -0.05) is 37.3 Å². The SMILES string of the molecule is CCOC(=O)/C(=C/c1ccc(N2CCC(C(=O)NCc3ccccc3C(F)(F)F)CC2)cc1)CC. The van der Waals surface area contributed by atoms with Gasteiger partial charge in [0.25, 0.3) is 0 Å². The Bertz CT molecular complexity index is 1040. The van der Waals surface area contributed by atoms with Crippen LogP contribution in [-0.4, -0.2) is 31.6 Å². The minimum atomic E-state index is -4.45. The largest absolute Gasteiger partial charge is 0.463 e. The molecule has 188 valence electrons. The van der Waals surface area contributed by atoms with Crippen LogP contribution in [0.15, 0.2) is 54.1 Å². The summed E-state index contributed by atoms with van der Waals surface area (Å²) >= 11 is 0.